The number of hydrogen-bond donors (Lipinski definition) is 1. The molecule has 3 N–H and O–H groups in total. The molecule has 0 bridgehead atoms. The Bertz CT molecular complexity index is 99.8. The van der Waals surface area contributed by atoms with E-state index >= 15 is 0 Å². The fourth-order valence-electron chi connectivity index (χ4n) is 0.791. The molecule has 0 unspecified atom stereocenters. The standard InChI is InChI=1S/C7H11N.H2O/c1-2-4-6-8-7-5-3-1;/h8H,1-4,6H2;1H2. The second kappa shape index (κ2) is 5.46. The molecule has 0 saturated heterocycles. The van der Waals surface area contributed by atoms with Crippen LogP contribution in [0.2, 0.25) is 0 Å². The van der Waals surface area contributed by atoms with Gasteiger partial charge in [-0.2, -0.15) is 0 Å². The first-order valence-corrected chi connectivity index (χ1v) is 3.21. The Morgan fingerprint density at radius 1 is 1.11 bits per heavy atom. The zero-order chi connectivity index (χ0) is 5.66. The molecule has 0 amide bonds. The van der Waals surface area contributed by atoms with Crippen molar-refractivity contribution in [1.82, 2.24) is 5.32 Å². The van der Waals surface area contributed by atoms with Crippen LogP contribution in [0.3, 0.4) is 0 Å². The van der Waals surface area contributed by atoms with Crippen LogP contribution in [0, 0.1) is 12.0 Å². The first-order chi connectivity index (χ1) is 4.00. The molecule has 2 nitrogen and oxygen atoms in total. The molecule has 0 saturated carbocycles. The van der Waals surface area contributed by atoms with Crippen molar-refractivity contribution in [1.29, 1.82) is 0 Å². The average Bonchev–Trinajstić information content (AvgIpc) is 1.62. The minimum Gasteiger partial charge on any atom is -0.412 e. The Morgan fingerprint density at radius 2 is 2.00 bits per heavy atom. The maximum atomic E-state index is 3.03. The van der Waals surface area contributed by atoms with Crippen LogP contribution in [-0.4, -0.2) is 12.0 Å². The molecular formula is C7H13NO. The van der Waals surface area contributed by atoms with E-state index in [9.17, 15) is 0 Å². The molecule has 2 heteroatoms. The first kappa shape index (κ1) is 8.32. The van der Waals surface area contributed by atoms with Crippen molar-refractivity contribution in [2.45, 2.75) is 25.7 Å². The molecule has 0 aliphatic carbocycles. The van der Waals surface area contributed by atoms with Crippen molar-refractivity contribution in [3.63, 3.8) is 0 Å². The van der Waals surface area contributed by atoms with E-state index in [1.54, 1.807) is 0 Å². The average molecular weight is 127 g/mol. The van der Waals surface area contributed by atoms with Gasteiger partial charge in [-0.3, -0.25) is 0 Å². The molecule has 1 aliphatic rings. The van der Waals surface area contributed by atoms with Crippen LogP contribution in [-0.2, 0) is 0 Å². The van der Waals surface area contributed by atoms with E-state index in [1.165, 1.54) is 19.3 Å². The zero-order valence-corrected chi connectivity index (χ0v) is 5.54. The smallest absolute Gasteiger partial charge is 0.0229 e. The van der Waals surface area contributed by atoms with Gasteiger partial charge in [-0.05, 0) is 12.8 Å². The molecule has 9 heavy (non-hydrogen) atoms. The third kappa shape index (κ3) is 3.87. The molecule has 1 heterocycles. The molecule has 52 valence electrons. The topological polar surface area (TPSA) is 43.5 Å². The molecule has 0 aromatic rings. The zero-order valence-electron chi connectivity index (χ0n) is 5.54. The van der Waals surface area contributed by atoms with Crippen molar-refractivity contribution in [3.8, 4) is 12.0 Å². The van der Waals surface area contributed by atoms with Gasteiger partial charge in [-0.15, -0.1) is 0 Å². The number of nitrogens with one attached hydrogen (secondary N) is 1. The second-order valence-electron chi connectivity index (χ2n) is 2.04. The lowest BCUT2D eigenvalue weighted by molar-refractivity contribution is 0.661. The van der Waals surface area contributed by atoms with Gasteiger partial charge in [-0.25, -0.2) is 0 Å². The van der Waals surface area contributed by atoms with Gasteiger partial charge in [0.15, 0.2) is 0 Å². The van der Waals surface area contributed by atoms with Crippen molar-refractivity contribution in [2.24, 2.45) is 0 Å². The highest BCUT2D eigenvalue weighted by atomic mass is 16.0. The Balaban J connectivity index is 0.000000640. The van der Waals surface area contributed by atoms with Crippen LogP contribution in [0.5, 0.6) is 0 Å². The molecule has 1 aliphatic heterocycles. The predicted octanol–water partition coefficient (Wildman–Crippen LogP) is 0.286. The van der Waals surface area contributed by atoms with E-state index in [0.717, 1.165) is 13.0 Å². The molecule has 0 radical (unpaired) electrons. The molecule has 0 aromatic carbocycles. The van der Waals surface area contributed by atoms with E-state index in [-0.39, 0.29) is 5.48 Å². The highest BCUT2D eigenvalue weighted by molar-refractivity contribution is 4.97. The Morgan fingerprint density at radius 3 is 2.89 bits per heavy atom. The van der Waals surface area contributed by atoms with Crippen LogP contribution in [0.4, 0.5) is 0 Å². The fraction of sp³-hybridized carbons (Fsp3) is 0.714. The monoisotopic (exact) mass is 127 g/mol. The molecule has 1 rings (SSSR count). The van der Waals surface area contributed by atoms with E-state index in [2.05, 4.69) is 17.3 Å². The predicted molar refractivity (Wildman–Crippen MR) is 37.9 cm³/mol. The Labute approximate surface area is 56.0 Å². The first-order valence-electron chi connectivity index (χ1n) is 3.21. The SMILES string of the molecule is C1#CNCCCCC1.O. The summed E-state index contributed by atoms with van der Waals surface area (Å²) in [7, 11) is 0. The Hall–Kier alpha value is -0.680. The van der Waals surface area contributed by atoms with Crippen molar-refractivity contribution in [3.05, 3.63) is 0 Å². The third-order valence-electron chi connectivity index (χ3n) is 1.28. The van der Waals surface area contributed by atoms with Crippen molar-refractivity contribution >= 4 is 0 Å². The molecule has 0 spiro atoms. The van der Waals surface area contributed by atoms with E-state index in [0.29, 0.717) is 0 Å². The highest BCUT2D eigenvalue weighted by Gasteiger charge is 1.88. The van der Waals surface area contributed by atoms with Gasteiger partial charge in [0.2, 0.25) is 0 Å². The largest absolute Gasteiger partial charge is 0.412 e. The van der Waals surface area contributed by atoms with Gasteiger partial charge in [-0.1, -0.05) is 12.3 Å². The minimum atomic E-state index is 0. The van der Waals surface area contributed by atoms with Gasteiger partial charge in [0.1, 0.15) is 0 Å². The third-order valence-corrected chi connectivity index (χ3v) is 1.28. The molecule has 0 fully saturated rings. The quantitative estimate of drug-likeness (QED) is 0.467. The highest BCUT2D eigenvalue weighted by Crippen LogP contribution is 1.98. The Kier molecular flexibility index (Phi) is 5.04. The summed E-state index contributed by atoms with van der Waals surface area (Å²) in [4.78, 5) is 0. The lowest BCUT2D eigenvalue weighted by Gasteiger charge is -1.99. The van der Waals surface area contributed by atoms with E-state index in [4.69, 9.17) is 0 Å². The number of rotatable bonds is 0. The fourth-order valence-corrected chi connectivity index (χ4v) is 0.791. The van der Waals surface area contributed by atoms with Crippen LogP contribution in [0.25, 0.3) is 0 Å². The van der Waals surface area contributed by atoms with Crippen molar-refractivity contribution < 1.29 is 5.48 Å². The lowest BCUT2D eigenvalue weighted by atomic mass is 10.2. The van der Waals surface area contributed by atoms with Crippen molar-refractivity contribution in [2.75, 3.05) is 6.54 Å². The van der Waals surface area contributed by atoms with Gasteiger partial charge in [0.05, 0.1) is 0 Å². The summed E-state index contributed by atoms with van der Waals surface area (Å²) in [5.74, 6) is 3.03. The van der Waals surface area contributed by atoms with Crippen LogP contribution in [0.1, 0.15) is 25.7 Å². The van der Waals surface area contributed by atoms with Crippen LogP contribution in [0.15, 0.2) is 0 Å². The second-order valence-corrected chi connectivity index (χ2v) is 2.04. The van der Waals surface area contributed by atoms with Gasteiger partial charge >= 0.3 is 0 Å². The lowest BCUT2D eigenvalue weighted by Crippen LogP contribution is -2.08. The van der Waals surface area contributed by atoms with Gasteiger partial charge in [0.25, 0.3) is 0 Å². The number of hydrogen-bond acceptors (Lipinski definition) is 1. The maximum absolute atomic E-state index is 3.03. The van der Waals surface area contributed by atoms with Crippen LogP contribution >= 0.6 is 0 Å². The van der Waals surface area contributed by atoms with E-state index < -0.39 is 0 Å². The van der Waals surface area contributed by atoms with E-state index in [1.807, 2.05) is 0 Å². The summed E-state index contributed by atoms with van der Waals surface area (Å²) in [5.41, 5.74) is 0. The normalized spacial score (nSPS) is 16.9. The maximum Gasteiger partial charge on any atom is 0.0229 e. The summed E-state index contributed by atoms with van der Waals surface area (Å²) < 4.78 is 0. The minimum absolute atomic E-state index is 0. The molecular weight excluding hydrogens is 114 g/mol. The van der Waals surface area contributed by atoms with Gasteiger partial charge in [0, 0.05) is 19.0 Å². The van der Waals surface area contributed by atoms with Crippen LogP contribution < -0.4 is 5.32 Å². The summed E-state index contributed by atoms with van der Waals surface area (Å²) in [6.45, 7) is 1.08. The summed E-state index contributed by atoms with van der Waals surface area (Å²) in [5, 5.41) is 3.03. The molecule has 0 aromatic heterocycles. The van der Waals surface area contributed by atoms with Gasteiger partial charge < -0.3 is 10.8 Å². The molecule has 0 atom stereocenters. The summed E-state index contributed by atoms with van der Waals surface area (Å²) >= 11 is 0. The summed E-state index contributed by atoms with van der Waals surface area (Å²) in [6, 6.07) is 2.89. The summed E-state index contributed by atoms with van der Waals surface area (Å²) in [6.07, 6.45) is 4.98.